The number of methoxy groups -OCH3 is 1. The number of fused-ring (bicyclic) bond motifs is 1. The molecule has 0 atom stereocenters. The van der Waals surface area contributed by atoms with E-state index in [2.05, 4.69) is 82.0 Å². The van der Waals surface area contributed by atoms with Gasteiger partial charge < -0.3 is 9.30 Å². The maximum Gasteiger partial charge on any atom is 0.214 e. The van der Waals surface area contributed by atoms with Crippen LogP contribution in [0.25, 0.3) is 39.4 Å². The van der Waals surface area contributed by atoms with Crippen LogP contribution in [0.15, 0.2) is 91.3 Å². The minimum Gasteiger partial charge on any atom is -0.497 e. The van der Waals surface area contributed by atoms with Crippen molar-refractivity contribution in [1.82, 2.24) is 14.0 Å². The zero-order valence-electron chi connectivity index (χ0n) is 16.4. The third kappa shape index (κ3) is 3.09. The molecule has 0 saturated heterocycles. The first-order valence-electron chi connectivity index (χ1n) is 9.57. The van der Waals surface area contributed by atoms with Gasteiger partial charge in [-0.25, -0.2) is 4.98 Å². The van der Waals surface area contributed by atoms with Gasteiger partial charge in [-0.15, -0.1) is 0 Å². The Balaban J connectivity index is 1.47. The molecule has 4 heteroatoms. The third-order valence-electron chi connectivity index (χ3n) is 5.31. The standard InChI is InChI=1S/C25H21N3O/c1-27-24(21-12-14-22(29-2)15-13-21)17-28-16-23(26-25(27)28)20-10-8-19(9-11-20)18-6-4-3-5-7-18/h3-17H,1-2H3. The highest BCUT2D eigenvalue weighted by Gasteiger charge is 2.12. The summed E-state index contributed by atoms with van der Waals surface area (Å²) in [5, 5.41) is 0. The van der Waals surface area contributed by atoms with Gasteiger partial charge in [0.15, 0.2) is 0 Å². The summed E-state index contributed by atoms with van der Waals surface area (Å²) >= 11 is 0. The maximum atomic E-state index is 5.26. The van der Waals surface area contributed by atoms with Crippen LogP contribution in [0.5, 0.6) is 5.75 Å². The zero-order valence-corrected chi connectivity index (χ0v) is 16.4. The minimum atomic E-state index is 0.856. The van der Waals surface area contributed by atoms with Crippen molar-refractivity contribution in [2.75, 3.05) is 7.11 Å². The van der Waals surface area contributed by atoms with E-state index in [4.69, 9.17) is 9.72 Å². The number of imidazole rings is 2. The smallest absolute Gasteiger partial charge is 0.214 e. The first-order chi connectivity index (χ1) is 14.2. The van der Waals surface area contributed by atoms with E-state index in [-0.39, 0.29) is 0 Å². The molecule has 0 saturated carbocycles. The predicted octanol–water partition coefficient (Wildman–Crippen LogP) is 5.68. The summed E-state index contributed by atoms with van der Waals surface area (Å²) in [5.74, 6) is 1.77. The van der Waals surface area contributed by atoms with Gasteiger partial charge in [-0.3, -0.25) is 4.40 Å². The van der Waals surface area contributed by atoms with Gasteiger partial charge in [0.25, 0.3) is 0 Å². The van der Waals surface area contributed by atoms with Gasteiger partial charge in [0.05, 0.1) is 18.5 Å². The van der Waals surface area contributed by atoms with Crippen LogP contribution in [0.2, 0.25) is 0 Å². The van der Waals surface area contributed by atoms with Crippen molar-refractivity contribution in [2.24, 2.45) is 7.05 Å². The molecule has 0 aliphatic rings. The van der Waals surface area contributed by atoms with Crippen LogP contribution in [0, 0.1) is 0 Å². The lowest BCUT2D eigenvalue weighted by atomic mass is 10.0. The number of rotatable bonds is 4. The molecule has 0 aliphatic heterocycles. The second-order valence-electron chi connectivity index (χ2n) is 7.08. The molecule has 2 heterocycles. The molecule has 0 unspecified atom stereocenters. The Labute approximate surface area is 169 Å². The maximum absolute atomic E-state index is 5.26. The quantitative estimate of drug-likeness (QED) is 0.402. The van der Waals surface area contributed by atoms with Gasteiger partial charge >= 0.3 is 0 Å². The molecule has 29 heavy (non-hydrogen) atoms. The number of nitrogens with zero attached hydrogens (tertiary/aromatic N) is 3. The highest BCUT2D eigenvalue weighted by atomic mass is 16.5. The van der Waals surface area contributed by atoms with E-state index in [0.29, 0.717) is 0 Å². The molecule has 0 N–H and O–H groups in total. The van der Waals surface area contributed by atoms with E-state index in [0.717, 1.165) is 34.0 Å². The summed E-state index contributed by atoms with van der Waals surface area (Å²) in [5.41, 5.74) is 6.75. The largest absolute Gasteiger partial charge is 0.497 e. The molecular weight excluding hydrogens is 358 g/mol. The average molecular weight is 379 g/mol. The second-order valence-corrected chi connectivity index (χ2v) is 7.08. The number of aromatic nitrogens is 3. The van der Waals surface area contributed by atoms with E-state index < -0.39 is 0 Å². The molecule has 0 aliphatic carbocycles. The average Bonchev–Trinajstić information content (AvgIpc) is 3.34. The van der Waals surface area contributed by atoms with Crippen molar-refractivity contribution >= 4 is 5.78 Å². The Hall–Kier alpha value is -3.79. The summed E-state index contributed by atoms with van der Waals surface area (Å²) in [6, 6.07) is 27.1. The van der Waals surface area contributed by atoms with Gasteiger partial charge in [-0.1, -0.05) is 54.6 Å². The van der Waals surface area contributed by atoms with Crippen LogP contribution in [0.4, 0.5) is 0 Å². The van der Waals surface area contributed by atoms with E-state index in [1.54, 1.807) is 7.11 Å². The van der Waals surface area contributed by atoms with E-state index in [1.165, 1.54) is 11.1 Å². The summed E-state index contributed by atoms with van der Waals surface area (Å²) in [7, 11) is 3.73. The predicted molar refractivity (Wildman–Crippen MR) is 117 cm³/mol. The van der Waals surface area contributed by atoms with Gasteiger partial charge in [-0.05, 0) is 41.0 Å². The van der Waals surface area contributed by atoms with Crippen molar-refractivity contribution in [3.63, 3.8) is 0 Å². The van der Waals surface area contributed by atoms with Gasteiger partial charge in [0, 0.05) is 25.0 Å². The zero-order chi connectivity index (χ0) is 19.8. The van der Waals surface area contributed by atoms with Crippen LogP contribution in [-0.4, -0.2) is 21.1 Å². The molecule has 0 bridgehead atoms. The van der Waals surface area contributed by atoms with Crippen LogP contribution >= 0.6 is 0 Å². The number of benzene rings is 3. The highest BCUT2D eigenvalue weighted by Crippen LogP contribution is 2.28. The molecule has 0 radical (unpaired) electrons. The van der Waals surface area contributed by atoms with Crippen LogP contribution in [0.3, 0.4) is 0 Å². The summed E-state index contributed by atoms with van der Waals surface area (Å²) in [4.78, 5) is 4.87. The summed E-state index contributed by atoms with van der Waals surface area (Å²) in [6.07, 6.45) is 4.20. The Morgan fingerprint density at radius 3 is 1.97 bits per heavy atom. The molecule has 2 aromatic heterocycles. The lowest BCUT2D eigenvalue weighted by molar-refractivity contribution is 0.415. The van der Waals surface area contributed by atoms with Crippen molar-refractivity contribution < 1.29 is 4.74 Å². The monoisotopic (exact) mass is 379 g/mol. The van der Waals surface area contributed by atoms with Crippen LogP contribution < -0.4 is 4.74 Å². The van der Waals surface area contributed by atoms with Crippen molar-refractivity contribution in [2.45, 2.75) is 0 Å². The van der Waals surface area contributed by atoms with Crippen LogP contribution in [0.1, 0.15) is 0 Å². The Kier molecular flexibility index (Phi) is 4.17. The molecule has 142 valence electrons. The number of ether oxygens (including phenoxy) is 1. The number of hydrogen-bond donors (Lipinski definition) is 0. The molecule has 0 amide bonds. The van der Waals surface area contributed by atoms with Gasteiger partial charge in [-0.2, -0.15) is 0 Å². The Morgan fingerprint density at radius 1 is 0.690 bits per heavy atom. The van der Waals surface area contributed by atoms with E-state index in [9.17, 15) is 0 Å². The molecular formula is C25H21N3O. The van der Waals surface area contributed by atoms with Crippen molar-refractivity contribution in [1.29, 1.82) is 0 Å². The SMILES string of the molecule is COc1ccc(-c2cn3cc(-c4ccc(-c5ccccc5)cc4)nc3n2C)cc1. The first kappa shape index (κ1) is 17.3. The summed E-state index contributed by atoms with van der Waals surface area (Å²) < 4.78 is 9.45. The number of hydrogen-bond acceptors (Lipinski definition) is 2. The molecule has 3 aromatic carbocycles. The fraction of sp³-hybridized carbons (Fsp3) is 0.0800. The lowest BCUT2D eigenvalue weighted by Crippen LogP contribution is -1.93. The minimum absolute atomic E-state index is 0.856. The van der Waals surface area contributed by atoms with Gasteiger partial charge in [0.2, 0.25) is 5.78 Å². The highest BCUT2D eigenvalue weighted by molar-refractivity contribution is 5.71. The van der Waals surface area contributed by atoms with Crippen LogP contribution in [-0.2, 0) is 7.05 Å². The summed E-state index contributed by atoms with van der Waals surface area (Å²) in [6.45, 7) is 0. The molecule has 5 rings (SSSR count). The van der Waals surface area contributed by atoms with Gasteiger partial charge in [0.1, 0.15) is 5.75 Å². The normalized spacial score (nSPS) is 11.1. The molecule has 5 aromatic rings. The Bertz CT molecular complexity index is 1260. The second kappa shape index (κ2) is 6.99. The topological polar surface area (TPSA) is 31.5 Å². The fourth-order valence-corrected chi connectivity index (χ4v) is 3.69. The third-order valence-corrected chi connectivity index (χ3v) is 5.31. The first-order valence-corrected chi connectivity index (χ1v) is 9.57. The lowest BCUT2D eigenvalue weighted by Gasteiger charge is -2.05. The molecule has 0 fully saturated rings. The molecule has 0 spiro atoms. The molecule has 4 nitrogen and oxygen atoms in total. The van der Waals surface area contributed by atoms with Crippen molar-refractivity contribution in [3.8, 4) is 39.4 Å². The number of aryl methyl sites for hydroxylation is 1. The van der Waals surface area contributed by atoms with Crippen molar-refractivity contribution in [3.05, 3.63) is 91.3 Å². The fourth-order valence-electron chi connectivity index (χ4n) is 3.69. The Morgan fingerprint density at radius 2 is 1.31 bits per heavy atom. The van der Waals surface area contributed by atoms with E-state index >= 15 is 0 Å². The van der Waals surface area contributed by atoms with E-state index in [1.807, 2.05) is 25.2 Å².